The lowest BCUT2D eigenvalue weighted by molar-refractivity contribution is -0.141. The fraction of sp³-hybridized carbons (Fsp3) is 0.450. The number of carbonyl (C=O) groups excluding carboxylic acids is 1. The Morgan fingerprint density at radius 2 is 2.07 bits per heavy atom. The summed E-state index contributed by atoms with van der Waals surface area (Å²) in [6, 6.07) is 8.57. The Kier molecular flexibility index (Phi) is 6.16. The molecule has 1 saturated heterocycles. The highest BCUT2D eigenvalue weighted by atomic mass is 19.4. The van der Waals surface area contributed by atoms with Crippen molar-refractivity contribution in [3.63, 3.8) is 0 Å². The molecule has 8 heteroatoms. The standard InChI is InChI=1S/C20H23F3N4O/c1-15-5-2-3-7-17(15)27(14-28)12-9-16-6-4-11-26(13-16)19-24-10-8-18(25-19)20(21,22)23/h2-3,5,7-8,10,14,16H,4,6,9,11-13H2,1H3. The molecule has 3 rings (SSSR count). The molecule has 1 aromatic carbocycles. The smallest absolute Gasteiger partial charge is 0.341 e. The van der Waals surface area contributed by atoms with Gasteiger partial charge in [-0.15, -0.1) is 0 Å². The number of nitrogens with zero attached hydrogens (tertiary/aromatic N) is 4. The second-order valence-corrected chi connectivity index (χ2v) is 7.07. The molecule has 1 unspecified atom stereocenters. The quantitative estimate of drug-likeness (QED) is 0.696. The van der Waals surface area contributed by atoms with E-state index in [1.165, 1.54) is 0 Å². The van der Waals surface area contributed by atoms with E-state index in [1.807, 2.05) is 36.1 Å². The van der Waals surface area contributed by atoms with Gasteiger partial charge in [-0.2, -0.15) is 13.2 Å². The van der Waals surface area contributed by atoms with Crippen molar-refractivity contribution in [1.29, 1.82) is 0 Å². The van der Waals surface area contributed by atoms with Gasteiger partial charge in [-0.25, -0.2) is 9.97 Å². The highest BCUT2D eigenvalue weighted by Gasteiger charge is 2.33. The predicted molar refractivity (Wildman–Crippen MR) is 101 cm³/mol. The molecule has 0 radical (unpaired) electrons. The largest absolute Gasteiger partial charge is 0.433 e. The summed E-state index contributed by atoms with van der Waals surface area (Å²) in [4.78, 5) is 22.8. The third kappa shape index (κ3) is 4.79. The molecule has 0 spiro atoms. The second kappa shape index (κ2) is 8.58. The van der Waals surface area contributed by atoms with Crippen LogP contribution in [0.3, 0.4) is 0 Å². The van der Waals surface area contributed by atoms with Crippen molar-refractivity contribution >= 4 is 18.0 Å². The Bertz CT molecular complexity index is 812. The summed E-state index contributed by atoms with van der Waals surface area (Å²) >= 11 is 0. The van der Waals surface area contributed by atoms with Crippen LogP contribution in [-0.2, 0) is 11.0 Å². The van der Waals surface area contributed by atoms with Crippen LogP contribution >= 0.6 is 0 Å². The van der Waals surface area contributed by atoms with Crippen LogP contribution in [0.1, 0.15) is 30.5 Å². The number of benzene rings is 1. The number of halogens is 3. The van der Waals surface area contributed by atoms with Crippen LogP contribution in [0.25, 0.3) is 0 Å². The molecular weight excluding hydrogens is 369 g/mol. The molecule has 28 heavy (non-hydrogen) atoms. The van der Waals surface area contributed by atoms with Crippen molar-refractivity contribution in [3.8, 4) is 0 Å². The monoisotopic (exact) mass is 392 g/mol. The first kappa shape index (κ1) is 20.1. The minimum absolute atomic E-state index is 0.116. The SMILES string of the molecule is Cc1ccccc1N(C=O)CCC1CCCN(c2nccc(C(F)(F)F)n2)C1. The van der Waals surface area contributed by atoms with Crippen molar-refractivity contribution in [1.82, 2.24) is 9.97 Å². The second-order valence-electron chi connectivity index (χ2n) is 7.07. The van der Waals surface area contributed by atoms with Gasteiger partial charge in [0.25, 0.3) is 0 Å². The van der Waals surface area contributed by atoms with E-state index in [0.29, 0.717) is 19.6 Å². The molecule has 0 bridgehead atoms. The Hall–Kier alpha value is -2.64. The highest BCUT2D eigenvalue weighted by molar-refractivity contribution is 5.76. The fourth-order valence-corrected chi connectivity index (χ4v) is 3.58. The Labute approximate surface area is 162 Å². The van der Waals surface area contributed by atoms with Gasteiger partial charge in [0.1, 0.15) is 5.69 Å². The molecule has 1 aliphatic rings. The van der Waals surface area contributed by atoms with Gasteiger partial charge in [0, 0.05) is 31.5 Å². The fourth-order valence-electron chi connectivity index (χ4n) is 3.58. The molecule has 1 amide bonds. The lowest BCUT2D eigenvalue weighted by atomic mass is 9.94. The molecule has 2 aromatic rings. The summed E-state index contributed by atoms with van der Waals surface area (Å²) in [5.41, 5.74) is 0.981. The average molecular weight is 392 g/mol. The minimum atomic E-state index is -4.48. The first-order chi connectivity index (χ1) is 13.4. The van der Waals surface area contributed by atoms with Gasteiger partial charge in [0.05, 0.1) is 0 Å². The van der Waals surface area contributed by atoms with Crippen molar-refractivity contribution in [2.45, 2.75) is 32.4 Å². The molecule has 150 valence electrons. The van der Waals surface area contributed by atoms with Crippen LogP contribution in [-0.4, -0.2) is 36.0 Å². The van der Waals surface area contributed by atoms with Crippen molar-refractivity contribution < 1.29 is 18.0 Å². The van der Waals surface area contributed by atoms with E-state index in [-0.39, 0.29) is 11.9 Å². The number of alkyl halides is 3. The van der Waals surface area contributed by atoms with Gasteiger partial charge >= 0.3 is 6.18 Å². The Morgan fingerprint density at radius 3 is 2.79 bits per heavy atom. The zero-order valence-corrected chi connectivity index (χ0v) is 15.7. The molecular formula is C20H23F3N4O. The number of aromatic nitrogens is 2. The van der Waals surface area contributed by atoms with Crippen molar-refractivity contribution in [2.24, 2.45) is 5.92 Å². The first-order valence-corrected chi connectivity index (χ1v) is 9.31. The number of aryl methyl sites for hydroxylation is 1. The van der Waals surface area contributed by atoms with E-state index in [2.05, 4.69) is 9.97 Å². The van der Waals surface area contributed by atoms with Gasteiger partial charge in [-0.1, -0.05) is 18.2 Å². The molecule has 1 aliphatic heterocycles. The molecule has 1 atom stereocenters. The first-order valence-electron chi connectivity index (χ1n) is 9.31. The lowest BCUT2D eigenvalue weighted by Gasteiger charge is -2.33. The third-order valence-corrected chi connectivity index (χ3v) is 5.07. The molecule has 0 aliphatic carbocycles. The number of para-hydroxylation sites is 1. The topological polar surface area (TPSA) is 49.3 Å². The number of rotatable bonds is 6. The highest BCUT2D eigenvalue weighted by Crippen LogP contribution is 2.29. The van der Waals surface area contributed by atoms with Gasteiger partial charge in [0.2, 0.25) is 12.4 Å². The van der Waals surface area contributed by atoms with Crippen LogP contribution in [0.15, 0.2) is 36.5 Å². The van der Waals surface area contributed by atoms with Gasteiger partial charge in [0.15, 0.2) is 0 Å². The molecule has 2 heterocycles. The normalized spacial score (nSPS) is 17.4. The molecule has 1 aromatic heterocycles. The van der Waals surface area contributed by atoms with E-state index >= 15 is 0 Å². The van der Waals surface area contributed by atoms with E-state index in [9.17, 15) is 18.0 Å². The zero-order valence-electron chi connectivity index (χ0n) is 15.7. The summed E-state index contributed by atoms with van der Waals surface area (Å²) in [7, 11) is 0. The third-order valence-electron chi connectivity index (χ3n) is 5.07. The summed E-state index contributed by atoms with van der Waals surface area (Å²) in [6.45, 7) is 3.74. The Morgan fingerprint density at radius 1 is 1.29 bits per heavy atom. The number of carbonyl (C=O) groups is 1. The maximum absolute atomic E-state index is 12.9. The van der Waals surface area contributed by atoms with Crippen molar-refractivity contribution in [2.75, 3.05) is 29.4 Å². The van der Waals surface area contributed by atoms with Crippen LogP contribution in [0.2, 0.25) is 0 Å². The molecule has 0 N–H and O–H groups in total. The van der Waals surface area contributed by atoms with E-state index in [1.54, 1.807) is 4.90 Å². The van der Waals surface area contributed by atoms with E-state index in [0.717, 1.165) is 49.2 Å². The number of hydrogen-bond donors (Lipinski definition) is 0. The summed E-state index contributed by atoms with van der Waals surface area (Å²) in [5.74, 6) is 0.379. The number of amides is 1. The van der Waals surface area contributed by atoms with Crippen LogP contribution in [0, 0.1) is 12.8 Å². The predicted octanol–water partition coefficient (Wildman–Crippen LogP) is 4.07. The zero-order chi connectivity index (χ0) is 20.1. The summed E-state index contributed by atoms with van der Waals surface area (Å²) < 4.78 is 38.7. The summed E-state index contributed by atoms with van der Waals surface area (Å²) in [6.07, 6.45) is 0.0962. The van der Waals surface area contributed by atoms with E-state index < -0.39 is 11.9 Å². The van der Waals surface area contributed by atoms with Crippen molar-refractivity contribution in [3.05, 3.63) is 47.8 Å². The maximum Gasteiger partial charge on any atom is 0.433 e. The molecule has 0 saturated carbocycles. The Balaban J connectivity index is 1.64. The number of hydrogen-bond acceptors (Lipinski definition) is 4. The molecule has 5 nitrogen and oxygen atoms in total. The number of anilines is 2. The van der Waals surface area contributed by atoms with Crippen LogP contribution in [0.5, 0.6) is 0 Å². The van der Waals surface area contributed by atoms with Crippen LogP contribution in [0.4, 0.5) is 24.8 Å². The minimum Gasteiger partial charge on any atom is -0.341 e. The van der Waals surface area contributed by atoms with Crippen LogP contribution < -0.4 is 9.80 Å². The molecule has 1 fully saturated rings. The van der Waals surface area contributed by atoms with Gasteiger partial charge in [-0.05, 0) is 49.8 Å². The average Bonchev–Trinajstić information content (AvgIpc) is 2.69. The van der Waals surface area contributed by atoms with Gasteiger partial charge in [-0.3, -0.25) is 4.79 Å². The summed E-state index contributed by atoms with van der Waals surface area (Å²) in [5, 5.41) is 0. The lowest BCUT2D eigenvalue weighted by Crippen LogP contribution is -2.38. The van der Waals surface area contributed by atoms with E-state index in [4.69, 9.17) is 0 Å². The maximum atomic E-state index is 12.9. The van der Waals surface area contributed by atoms with Gasteiger partial charge < -0.3 is 9.80 Å². The number of piperidine rings is 1.